The molecule has 0 aliphatic heterocycles. The zero-order chi connectivity index (χ0) is 25.8. The van der Waals surface area contributed by atoms with Crippen LogP contribution in [0.1, 0.15) is 26.4 Å². The zero-order valence-corrected chi connectivity index (χ0v) is 22.3. The number of aromatic nitrogens is 1. The number of Topliss-reactive ketones (excluding diaryl/α,β-unsaturated/α-hetero) is 1. The van der Waals surface area contributed by atoms with Crippen molar-refractivity contribution in [1.29, 1.82) is 0 Å². The van der Waals surface area contributed by atoms with Crippen LogP contribution in [0.4, 0.5) is 4.39 Å². The topological polar surface area (TPSA) is 74.9 Å². The highest BCUT2D eigenvalue weighted by molar-refractivity contribution is 6.14. The summed E-state index contributed by atoms with van der Waals surface area (Å²) in [5.74, 6) is 0.787. The van der Waals surface area contributed by atoms with Crippen LogP contribution in [0.25, 0.3) is 10.8 Å². The van der Waals surface area contributed by atoms with Crippen LogP contribution >= 0.6 is 0 Å². The summed E-state index contributed by atoms with van der Waals surface area (Å²) in [5, 5.41) is 1.30. The van der Waals surface area contributed by atoms with Crippen molar-refractivity contribution in [1.82, 2.24) is 0 Å². The quantitative estimate of drug-likeness (QED) is 0.224. The molecule has 4 aromatic rings. The average Bonchev–Trinajstić information content (AvgIpc) is 2.91. The Morgan fingerprint density at radius 1 is 0.730 bits per heavy atom. The number of hydrogen-bond acceptors (Lipinski definition) is 6. The monoisotopic (exact) mass is 569 g/mol. The van der Waals surface area contributed by atoms with Crippen molar-refractivity contribution in [2.24, 2.45) is 0 Å². The second-order valence-corrected chi connectivity index (χ2v) is 7.92. The number of carbonyl (C=O) groups is 2. The van der Waals surface area contributed by atoms with E-state index in [4.69, 9.17) is 18.9 Å². The lowest BCUT2D eigenvalue weighted by Crippen LogP contribution is -3.00. The molecule has 1 heterocycles. The summed E-state index contributed by atoms with van der Waals surface area (Å²) in [5.41, 5.74) is 0.954. The molecule has 0 saturated heterocycles. The van der Waals surface area contributed by atoms with Crippen LogP contribution in [0.5, 0.6) is 23.0 Å². The van der Waals surface area contributed by atoms with Crippen molar-refractivity contribution in [2.75, 3.05) is 28.4 Å². The summed E-state index contributed by atoms with van der Waals surface area (Å²) in [4.78, 5) is 27.0. The third-order valence-corrected chi connectivity index (χ3v) is 5.87. The van der Waals surface area contributed by atoms with Crippen LogP contribution < -0.4 is 40.5 Å². The minimum Gasteiger partial charge on any atom is -1.00 e. The van der Waals surface area contributed by atoms with Crippen LogP contribution in [-0.2, 0) is 6.54 Å². The Balaban J connectivity index is 0.00000380. The van der Waals surface area contributed by atoms with Gasteiger partial charge >= 0.3 is 0 Å². The minimum absolute atomic E-state index is 0. The van der Waals surface area contributed by atoms with Gasteiger partial charge in [-0.05, 0) is 60.0 Å². The fourth-order valence-electron chi connectivity index (χ4n) is 4.02. The molecule has 3 aromatic carbocycles. The Labute approximate surface area is 224 Å². The molecule has 0 amide bonds. The molecule has 192 valence electrons. The van der Waals surface area contributed by atoms with Gasteiger partial charge in [-0.15, -0.1) is 0 Å². The first-order valence-corrected chi connectivity index (χ1v) is 11.0. The van der Waals surface area contributed by atoms with Gasteiger partial charge in [0, 0.05) is 17.2 Å². The molecule has 0 saturated carbocycles. The maximum absolute atomic E-state index is 13.9. The lowest BCUT2D eigenvalue weighted by Gasteiger charge is -2.12. The number of carbonyl (C=O) groups excluding carboxylic acids is 2. The number of benzene rings is 3. The highest BCUT2D eigenvalue weighted by Gasteiger charge is 2.28. The first kappa shape index (κ1) is 27.6. The van der Waals surface area contributed by atoms with Crippen LogP contribution in [0.3, 0.4) is 0 Å². The second-order valence-electron chi connectivity index (χ2n) is 7.92. The van der Waals surface area contributed by atoms with Crippen molar-refractivity contribution in [3.63, 3.8) is 0 Å². The minimum atomic E-state index is -0.435. The number of ether oxygens (including phenoxy) is 4. The zero-order valence-electron chi connectivity index (χ0n) is 20.7. The van der Waals surface area contributed by atoms with Crippen LogP contribution in [0, 0.1) is 5.82 Å². The predicted octanol–water partition coefficient (Wildman–Crippen LogP) is 1.42. The summed E-state index contributed by atoms with van der Waals surface area (Å²) >= 11 is 0. The van der Waals surface area contributed by atoms with E-state index in [0.29, 0.717) is 39.5 Å². The first-order valence-electron chi connectivity index (χ1n) is 11.0. The van der Waals surface area contributed by atoms with Gasteiger partial charge in [0.25, 0.3) is 11.5 Å². The van der Waals surface area contributed by atoms with Crippen molar-refractivity contribution in [3.05, 3.63) is 89.5 Å². The second kappa shape index (κ2) is 11.8. The van der Waals surface area contributed by atoms with Gasteiger partial charge in [-0.2, -0.15) is 4.57 Å². The number of ketones is 2. The van der Waals surface area contributed by atoms with E-state index in [1.165, 1.54) is 52.7 Å². The predicted molar refractivity (Wildman–Crippen MR) is 131 cm³/mol. The highest BCUT2D eigenvalue weighted by atomic mass is 79.9. The van der Waals surface area contributed by atoms with E-state index in [1.54, 1.807) is 47.2 Å². The van der Waals surface area contributed by atoms with Crippen molar-refractivity contribution in [2.45, 2.75) is 6.54 Å². The molecule has 0 aliphatic carbocycles. The molecule has 0 spiro atoms. The number of halogens is 2. The molecular formula is C28H25BrFNO6. The van der Waals surface area contributed by atoms with Crippen molar-refractivity contribution >= 4 is 22.3 Å². The molecule has 37 heavy (non-hydrogen) atoms. The molecule has 7 nitrogen and oxygen atoms in total. The lowest BCUT2D eigenvalue weighted by molar-refractivity contribution is -0.683. The normalized spacial score (nSPS) is 10.4. The first-order chi connectivity index (χ1) is 17.4. The highest BCUT2D eigenvalue weighted by Crippen LogP contribution is 2.34. The molecule has 0 aliphatic rings. The Bertz CT molecular complexity index is 1460. The number of fused-ring (bicyclic) bond motifs is 1. The molecule has 0 bridgehead atoms. The third kappa shape index (κ3) is 5.56. The summed E-state index contributed by atoms with van der Waals surface area (Å²) in [6.07, 6.45) is 1.67. The number of nitrogens with zero attached hydrogens (tertiary/aromatic N) is 1. The Kier molecular flexibility index (Phi) is 8.83. The van der Waals surface area contributed by atoms with Gasteiger partial charge < -0.3 is 35.9 Å². The maximum Gasteiger partial charge on any atom is 0.262 e. The molecule has 0 unspecified atom stereocenters. The fourth-order valence-corrected chi connectivity index (χ4v) is 4.02. The van der Waals surface area contributed by atoms with E-state index < -0.39 is 5.82 Å². The van der Waals surface area contributed by atoms with Gasteiger partial charge in [0.05, 0.1) is 33.8 Å². The number of pyridine rings is 1. The van der Waals surface area contributed by atoms with E-state index >= 15 is 0 Å². The average molecular weight is 570 g/mol. The van der Waals surface area contributed by atoms with Gasteiger partial charge in [0.1, 0.15) is 5.82 Å². The van der Waals surface area contributed by atoms with Gasteiger partial charge in [-0.3, -0.25) is 9.59 Å². The molecule has 4 rings (SSSR count). The van der Waals surface area contributed by atoms with Gasteiger partial charge in [0.15, 0.2) is 29.2 Å². The number of rotatable bonds is 9. The van der Waals surface area contributed by atoms with Crippen LogP contribution in [0.2, 0.25) is 0 Å². The van der Waals surface area contributed by atoms with E-state index in [2.05, 4.69) is 0 Å². The summed E-state index contributed by atoms with van der Waals surface area (Å²) < 4.78 is 36.5. The van der Waals surface area contributed by atoms with Crippen LogP contribution in [-0.4, -0.2) is 40.0 Å². The summed E-state index contributed by atoms with van der Waals surface area (Å²) in [7, 11) is 6.04. The molecular weight excluding hydrogens is 545 g/mol. The molecule has 1 aromatic heterocycles. The van der Waals surface area contributed by atoms with Gasteiger partial charge in [0.2, 0.25) is 12.3 Å². The standard InChI is InChI=1S/C28H25FNO6.BrH/c1-33-23-10-7-19(14-24(23)34-2)28(32)27-21-15-26(36-4)25(35-3)13-18(21)11-12-30(27)16-22(31)17-5-8-20(29)9-6-17;/h5-15H,16H2,1-4H3;1H/q+1;/p-1. The molecule has 0 atom stereocenters. The number of hydrogen-bond donors (Lipinski definition) is 0. The fraction of sp³-hybridized carbons (Fsp3) is 0.179. The third-order valence-electron chi connectivity index (χ3n) is 5.87. The summed E-state index contributed by atoms with van der Waals surface area (Å²) in [6.45, 7) is -0.135. The molecule has 0 fully saturated rings. The SMILES string of the molecule is COc1ccc(C(=O)c2c3cc(OC)c(OC)cc3cc[n+]2CC(=O)c2ccc(F)cc2)cc1OC.[Br-]. The van der Waals surface area contributed by atoms with Gasteiger partial charge in [-0.1, -0.05) is 0 Å². The van der Waals surface area contributed by atoms with E-state index in [0.717, 1.165) is 5.39 Å². The van der Waals surface area contributed by atoms with E-state index in [1.807, 2.05) is 0 Å². The Morgan fingerprint density at radius 3 is 1.92 bits per heavy atom. The van der Waals surface area contributed by atoms with Crippen LogP contribution in [0.15, 0.2) is 66.9 Å². The maximum atomic E-state index is 13.9. The molecule has 9 heteroatoms. The van der Waals surface area contributed by atoms with E-state index in [-0.39, 0.29) is 40.8 Å². The van der Waals surface area contributed by atoms with Gasteiger partial charge in [-0.25, -0.2) is 4.39 Å². The lowest BCUT2D eigenvalue weighted by atomic mass is 10.00. The largest absolute Gasteiger partial charge is 1.00 e. The molecule has 0 N–H and O–H groups in total. The Hall–Kier alpha value is -3.98. The van der Waals surface area contributed by atoms with E-state index in [9.17, 15) is 14.0 Å². The number of methoxy groups -OCH3 is 4. The van der Waals surface area contributed by atoms with Crippen molar-refractivity contribution < 1.29 is 54.5 Å². The molecule has 0 radical (unpaired) electrons. The van der Waals surface area contributed by atoms with Crippen molar-refractivity contribution in [3.8, 4) is 23.0 Å². The Morgan fingerprint density at radius 2 is 1.30 bits per heavy atom. The smallest absolute Gasteiger partial charge is 0.262 e. The summed E-state index contributed by atoms with van der Waals surface area (Å²) in [6, 6.07) is 15.4.